The minimum absolute atomic E-state index is 0.0350. The topological polar surface area (TPSA) is 47.6 Å². The molecule has 0 aliphatic rings. The maximum absolute atomic E-state index is 12.1. The van der Waals surface area contributed by atoms with Crippen LogP contribution in [0.25, 0.3) is 0 Å². The number of aryl methyl sites for hydroxylation is 2. The summed E-state index contributed by atoms with van der Waals surface area (Å²) >= 11 is 1.57. The monoisotopic (exact) mass is 359 g/mol. The van der Waals surface area contributed by atoms with Crippen molar-refractivity contribution in [1.29, 1.82) is 0 Å². The van der Waals surface area contributed by atoms with Crippen molar-refractivity contribution in [3.8, 4) is 11.5 Å². The lowest BCUT2D eigenvalue weighted by molar-refractivity contribution is -0.118. The lowest BCUT2D eigenvalue weighted by atomic mass is 10.1. The van der Waals surface area contributed by atoms with E-state index in [4.69, 9.17) is 9.47 Å². The lowest BCUT2D eigenvalue weighted by Gasteiger charge is -2.11. The van der Waals surface area contributed by atoms with Crippen molar-refractivity contribution >= 4 is 17.7 Å². The van der Waals surface area contributed by atoms with Crippen LogP contribution in [0.15, 0.2) is 41.3 Å². The minimum atomic E-state index is 0.0350. The summed E-state index contributed by atoms with van der Waals surface area (Å²) in [5.41, 5.74) is 3.42. The SMILES string of the molecule is COc1ccc(OC)c(CCNC(=O)CSc2cc(C)ccc2C)c1. The number of benzene rings is 2. The Bertz CT molecular complexity index is 731. The summed E-state index contributed by atoms with van der Waals surface area (Å²) in [4.78, 5) is 13.2. The first-order valence-corrected chi connectivity index (χ1v) is 9.19. The Morgan fingerprint density at radius 3 is 2.60 bits per heavy atom. The van der Waals surface area contributed by atoms with Crippen LogP contribution >= 0.6 is 11.8 Å². The third kappa shape index (κ3) is 5.71. The van der Waals surface area contributed by atoms with Gasteiger partial charge in [-0.2, -0.15) is 0 Å². The molecule has 0 aliphatic carbocycles. The summed E-state index contributed by atoms with van der Waals surface area (Å²) in [6.07, 6.45) is 0.695. The van der Waals surface area contributed by atoms with Crippen molar-refractivity contribution in [3.63, 3.8) is 0 Å². The van der Waals surface area contributed by atoms with Crippen molar-refractivity contribution in [2.24, 2.45) is 0 Å². The normalized spacial score (nSPS) is 10.4. The fourth-order valence-corrected chi connectivity index (χ4v) is 3.42. The van der Waals surface area contributed by atoms with Gasteiger partial charge in [-0.15, -0.1) is 11.8 Å². The predicted octanol–water partition coefficient (Wildman–Crippen LogP) is 3.77. The van der Waals surface area contributed by atoms with Crippen LogP contribution in [0.3, 0.4) is 0 Å². The summed E-state index contributed by atoms with van der Waals surface area (Å²) in [6, 6.07) is 12.0. The molecule has 1 N–H and O–H groups in total. The smallest absolute Gasteiger partial charge is 0.230 e. The molecule has 2 aromatic carbocycles. The lowest BCUT2D eigenvalue weighted by Crippen LogP contribution is -2.27. The van der Waals surface area contributed by atoms with Crippen molar-refractivity contribution < 1.29 is 14.3 Å². The van der Waals surface area contributed by atoms with Gasteiger partial charge in [-0.3, -0.25) is 4.79 Å². The molecule has 134 valence electrons. The maximum atomic E-state index is 12.1. The molecule has 2 aromatic rings. The van der Waals surface area contributed by atoms with Gasteiger partial charge in [0.15, 0.2) is 0 Å². The summed E-state index contributed by atoms with van der Waals surface area (Å²) in [5.74, 6) is 2.04. The van der Waals surface area contributed by atoms with E-state index in [-0.39, 0.29) is 5.91 Å². The molecule has 0 saturated heterocycles. The van der Waals surface area contributed by atoms with E-state index in [0.717, 1.165) is 22.0 Å². The van der Waals surface area contributed by atoms with Crippen LogP contribution in [-0.2, 0) is 11.2 Å². The highest BCUT2D eigenvalue weighted by molar-refractivity contribution is 8.00. The van der Waals surface area contributed by atoms with Gasteiger partial charge in [-0.05, 0) is 55.7 Å². The fraction of sp³-hybridized carbons (Fsp3) is 0.350. The zero-order valence-electron chi connectivity index (χ0n) is 15.2. The van der Waals surface area contributed by atoms with E-state index in [2.05, 4.69) is 37.4 Å². The van der Waals surface area contributed by atoms with Crippen molar-refractivity contribution in [2.75, 3.05) is 26.5 Å². The minimum Gasteiger partial charge on any atom is -0.497 e. The number of ether oxygens (including phenoxy) is 2. The molecule has 0 spiro atoms. The van der Waals surface area contributed by atoms with Crippen LogP contribution in [0, 0.1) is 13.8 Å². The molecule has 0 atom stereocenters. The Labute approximate surface area is 153 Å². The van der Waals surface area contributed by atoms with Crippen LogP contribution in [0.1, 0.15) is 16.7 Å². The molecular formula is C20H25NO3S. The molecule has 5 heteroatoms. The van der Waals surface area contributed by atoms with E-state index in [9.17, 15) is 4.79 Å². The van der Waals surface area contributed by atoms with Gasteiger partial charge in [0.1, 0.15) is 11.5 Å². The largest absolute Gasteiger partial charge is 0.497 e. The van der Waals surface area contributed by atoms with Crippen LogP contribution in [0.5, 0.6) is 11.5 Å². The van der Waals surface area contributed by atoms with E-state index in [1.807, 2.05) is 18.2 Å². The molecule has 0 radical (unpaired) electrons. The third-order valence-electron chi connectivity index (χ3n) is 3.91. The quantitative estimate of drug-likeness (QED) is 0.729. The molecule has 25 heavy (non-hydrogen) atoms. The molecule has 0 saturated carbocycles. The second-order valence-corrected chi connectivity index (χ2v) is 6.85. The average Bonchev–Trinajstić information content (AvgIpc) is 2.62. The maximum Gasteiger partial charge on any atom is 0.230 e. The van der Waals surface area contributed by atoms with Crippen LogP contribution in [-0.4, -0.2) is 32.4 Å². The number of hydrogen-bond acceptors (Lipinski definition) is 4. The van der Waals surface area contributed by atoms with Crippen molar-refractivity contribution in [3.05, 3.63) is 53.1 Å². The first-order chi connectivity index (χ1) is 12.0. The molecular weight excluding hydrogens is 334 g/mol. The van der Waals surface area contributed by atoms with Gasteiger partial charge in [-0.1, -0.05) is 17.7 Å². The molecule has 1 amide bonds. The molecule has 0 aromatic heterocycles. The second-order valence-electron chi connectivity index (χ2n) is 5.84. The fourth-order valence-electron chi connectivity index (χ4n) is 2.47. The Balaban J connectivity index is 1.83. The van der Waals surface area contributed by atoms with Gasteiger partial charge in [0.2, 0.25) is 5.91 Å². The molecule has 0 bridgehead atoms. The first-order valence-electron chi connectivity index (χ1n) is 8.21. The molecule has 0 unspecified atom stereocenters. The molecule has 0 fully saturated rings. The van der Waals surface area contributed by atoms with Gasteiger partial charge < -0.3 is 14.8 Å². The first kappa shape index (κ1) is 19.2. The van der Waals surface area contributed by atoms with Crippen molar-refractivity contribution in [1.82, 2.24) is 5.32 Å². The number of nitrogens with one attached hydrogen (secondary N) is 1. The highest BCUT2D eigenvalue weighted by atomic mass is 32.2. The van der Waals surface area contributed by atoms with Gasteiger partial charge in [0, 0.05) is 11.4 Å². The number of carbonyl (C=O) groups excluding carboxylic acids is 1. The van der Waals surface area contributed by atoms with Crippen molar-refractivity contribution in [2.45, 2.75) is 25.2 Å². The highest BCUT2D eigenvalue weighted by Gasteiger charge is 2.08. The van der Waals surface area contributed by atoms with Gasteiger partial charge in [0.05, 0.1) is 20.0 Å². The van der Waals surface area contributed by atoms with Crippen LogP contribution in [0.2, 0.25) is 0 Å². The zero-order chi connectivity index (χ0) is 18.2. The number of amides is 1. The Morgan fingerprint density at radius 2 is 1.88 bits per heavy atom. The second kappa shape index (κ2) is 9.37. The Kier molecular flexibility index (Phi) is 7.19. The molecule has 2 rings (SSSR count). The summed E-state index contributed by atoms with van der Waals surface area (Å²) in [7, 11) is 3.28. The standard InChI is InChI=1S/C20H25NO3S/c1-14-5-6-15(2)19(11-14)25-13-20(22)21-10-9-16-12-17(23-3)7-8-18(16)24-4/h5-8,11-12H,9-10,13H2,1-4H3,(H,21,22). The van der Waals surface area contributed by atoms with E-state index in [1.54, 1.807) is 26.0 Å². The summed E-state index contributed by atoms with van der Waals surface area (Å²) < 4.78 is 10.6. The Morgan fingerprint density at radius 1 is 1.08 bits per heavy atom. The summed E-state index contributed by atoms with van der Waals surface area (Å²) in [5, 5.41) is 2.97. The third-order valence-corrected chi connectivity index (χ3v) is 5.06. The average molecular weight is 359 g/mol. The molecule has 0 aliphatic heterocycles. The number of rotatable bonds is 8. The van der Waals surface area contributed by atoms with Gasteiger partial charge in [-0.25, -0.2) is 0 Å². The number of hydrogen-bond donors (Lipinski definition) is 1. The molecule has 4 nitrogen and oxygen atoms in total. The van der Waals surface area contributed by atoms with Crippen LogP contribution < -0.4 is 14.8 Å². The highest BCUT2D eigenvalue weighted by Crippen LogP contribution is 2.25. The summed E-state index contributed by atoms with van der Waals surface area (Å²) in [6.45, 7) is 4.69. The number of carbonyl (C=O) groups is 1. The molecule has 0 heterocycles. The Hall–Kier alpha value is -2.14. The van der Waals surface area contributed by atoms with Gasteiger partial charge >= 0.3 is 0 Å². The van der Waals surface area contributed by atoms with Crippen LogP contribution in [0.4, 0.5) is 0 Å². The van der Waals surface area contributed by atoms with Gasteiger partial charge in [0.25, 0.3) is 0 Å². The predicted molar refractivity (Wildman–Crippen MR) is 103 cm³/mol. The van der Waals surface area contributed by atoms with E-state index in [1.165, 1.54) is 11.1 Å². The van der Waals surface area contributed by atoms with E-state index >= 15 is 0 Å². The number of methoxy groups -OCH3 is 2. The zero-order valence-corrected chi connectivity index (χ0v) is 16.0. The van der Waals surface area contributed by atoms with E-state index < -0.39 is 0 Å². The van der Waals surface area contributed by atoms with E-state index in [0.29, 0.717) is 18.7 Å². The number of thioether (sulfide) groups is 1.